The van der Waals surface area contributed by atoms with Crippen LogP contribution in [0.2, 0.25) is 0 Å². The lowest BCUT2D eigenvalue weighted by molar-refractivity contribution is -0.143. The number of nitrogens with two attached hydrogens (primary N) is 2. The highest BCUT2D eigenvalue weighted by Crippen LogP contribution is 2.02. The van der Waals surface area contributed by atoms with Crippen LogP contribution in [0.3, 0.4) is 0 Å². The molecule has 0 aromatic rings. The lowest BCUT2D eigenvalue weighted by Crippen LogP contribution is -2.57. The standard InChI is InChI=1S/C13H22N4O8/c1-5(18)10(15)12(23)17-7(4-8(14)19)11(22)16-6(13(24)25)2-3-9(20)21/h5-7,10,18H,2-4,15H2,1H3,(H2,14,19)(H,16,22)(H,17,23)(H,20,21)(H,24,25)/t5-,6+,7+,10+/m1/s1. The van der Waals surface area contributed by atoms with Crippen molar-refractivity contribution in [2.24, 2.45) is 11.5 Å². The molecule has 25 heavy (non-hydrogen) atoms. The van der Waals surface area contributed by atoms with Gasteiger partial charge in [-0.1, -0.05) is 0 Å². The predicted octanol–water partition coefficient (Wildman–Crippen LogP) is -3.51. The van der Waals surface area contributed by atoms with Crippen molar-refractivity contribution in [3.8, 4) is 0 Å². The fourth-order valence-corrected chi connectivity index (χ4v) is 1.69. The van der Waals surface area contributed by atoms with Gasteiger partial charge in [-0.25, -0.2) is 4.79 Å². The van der Waals surface area contributed by atoms with Crippen LogP contribution in [0, 0.1) is 0 Å². The summed E-state index contributed by atoms with van der Waals surface area (Å²) in [7, 11) is 0. The highest BCUT2D eigenvalue weighted by atomic mass is 16.4. The van der Waals surface area contributed by atoms with E-state index in [9.17, 15) is 29.1 Å². The van der Waals surface area contributed by atoms with Gasteiger partial charge < -0.3 is 37.4 Å². The van der Waals surface area contributed by atoms with E-state index in [-0.39, 0.29) is 0 Å². The van der Waals surface area contributed by atoms with E-state index in [0.717, 1.165) is 0 Å². The summed E-state index contributed by atoms with van der Waals surface area (Å²) in [5, 5.41) is 30.9. The van der Waals surface area contributed by atoms with Crippen LogP contribution < -0.4 is 22.1 Å². The maximum Gasteiger partial charge on any atom is 0.326 e. The third kappa shape index (κ3) is 8.62. The number of hydrogen-bond acceptors (Lipinski definition) is 7. The van der Waals surface area contributed by atoms with Crippen LogP contribution in [0.15, 0.2) is 0 Å². The Hall–Kier alpha value is -2.73. The Labute approximate surface area is 142 Å². The van der Waals surface area contributed by atoms with Crippen LogP contribution in [0.1, 0.15) is 26.2 Å². The Balaban J connectivity index is 5.08. The second-order valence-electron chi connectivity index (χ2n) is 5.33. The minimum Gasteiger partial charge on any atom is -0.481 e. The second-order valence-corrected chi connectivity index (χ2v) is 5.33. The Morgan fingerprint density at radius 3 is 1.92 bits per heavy atom. The third-order valence-corrected chi connectivity index (χ3v) is 3.12. The molecular formula is C13H22N4O8. The zero-order valence-corrected chi connectivity index (χ0v) is 13.5. The van der Waals surface area contributed by atoms with Gasteiger partial charge >= 0.3 is 11.9 Å². The Morgan fingerprint density at radius 2 is 1.52 bits per heavy atom. The Bertz CT molecular complexity index is 536. The Morgan fingerprint density at radius 1 is 1.00 bits per heavy atom. The van der Waals surface area contributed by atoms with E-state index >= 15 is 0 Å². The van der Waals surface area contributed by atoms with Gasteiger partial charge in [-0.2, -0.15) is 0 Å². The highest BCUT2D eigenvalue weighted by Gasteiger charge is 2.30. The number of primary amides is 1. The minimum absolute atomic E-state index is 0.402. The van der Waals surface area contributed by atoms with Gasteiger partial charge in [0.2, 0.25) is 17.7 Å². The maximum absolute atomic E-state index is 12.1. The van der Waals surface area contributed by atoms with Gasteiger partial charge in [0.15, 0.2) is 0 Å². The second kappa shape index (κ2) is 10.2. The van der Waals surface area contributed by atoms with Crippen LogP contribution in [-0.2, 0) is 24.0 Å². The third-order valence-electron chi connectivity index (χ3n) is 3.12. The predicted molar refractivity (Wildman–Crippen MR) is 81.8 cm³/mol. The summed E-state index contributed by atoms with van der Waals surface area (Å²) in [5.74, 6) is -5.70. The number of carboxylic acid groups (broad SMARTS) is 2. The van der Waals surface area contributed by atoms with Crippen molar-refractivity contribution in [1.82, 2.24) is 10.6 Å². The average Bonchev–Trinajstić information content (AvgIpc) is 2.48. The van der Waals surface area contributed by atoms with Crippen molar-refractivity contribution in [3.63, 3.8) is 0 Å². The molecular weight excluding hydrogens is 340 g/mol. The number of aliphatic carboxylic acids is 2. The van der Waals surface area contributed by atoms with Gasteiger partial charge in [0, 0.05) is 6.42 Å². The first kappa shape index (κ1) is 22.3. The molecule has 0 aromatic carbocycles. The van der Waals surface area contributed by atoms with E-state index in [0.29, 0.717) is 0 Å². The highest BCUT2D eigenvalue weighted by molar-refractivity contribution is 5.94. The van der Waals surface area contributed by atoms with Crippen molar-refractivity contribution in [1.29, 1.82) is 0 Å². The van der Waals surface area contributed by atoms with Crippen molar-refractivity contribution in [3.05, 3.63) is 0 Å². The van der Waals surface area contributed by atoms with Gasteiger partial charge in [-0.15, -0.1) is 0 Å². The largest absolute Gasteiger partial charge is 0.481 e. The average molecular weight is 362 g/mol. The number of aliphatic hydroxyl groups excluding tert-OH is 1. The number of carboxylic acids is 2. The zero-order chi connectivity index (χ0) is 19.7. The molecule has 0 radical (unpaired) electrons. The van der Waals surface area contributed by atoms with Crippen molar-refractivity contribution >= 4 is 29.7 Å². The molecule has 12 heteroatoms. The monoisotopic (exact) mass is 362 g/mol. The molecule has 0 aliphatic rings. The molecule has 0 heterocycles. The van der Waals surface area contributed by atoms with E-state index in [1.807, 2.05) is 5.32 Å². The zero-order valence-electron chi connectivity index (χ0n) is 13.5. The summed E-state index contributed by atoms with van der Waals surface area (Å²) < 4.78 is 0. The first-order valence-electron chi connectivity index (χ1n) is 7.23. The molecule has 142 valence electrons. The summed E-state index contributed by atoms with van der Waals surface area (Å²) in [6.07, 6.45) is -2.80. The molecule has 0 aromatic heterocycles. The van der Waals surface area contributed by atoms with Crippen LogP contribution in [-0.4, -0.2) is 69.2 Å². The summed E-state index contributed by atoms with van der Waals surface area (Å²) >= 11 is 0. The van der Waals surface area contributed by atoms with Gasteiger partial charge in [-0.05, 0) is 13.3 Å². The van der Waals surface area contributed by atoms with E-state index in [2.05, 4.69) is 5.32 Å². The number of carbonyl (C=O) groups excluding carboxylic acids is 3. The maximum atomic E-state index is 12.1. The quantitative estimate of drug-likeness (QED) is 0.193. The number of amides is 3. The van der Waals surface area contributed by atoms with Crippen LogP contribution >= 0.6 is 0 Å². The van der Waals surface area contributed by atoms with Crippen LogP contribution in [0.25, 0.3) is 0 Å². The lowest BCUT2D eigenvalue weighted by Gasteiger charge is -2.22. The molecule has 0 unspecified atom stereocenters. The molecule has 0 rings (SSSR count). The first-order chi connectivity index (χ1) is 11.5. The van der Waals surface area contributed by atoms with E-state index in [1.165, 1.54) is 6.92 Å². The fraction of sp³-hybridized carbons (Fsp3) is 0.615. The van der Waals surface area contributed by atoms with Crippen molar-refractivity contribution in [2.45, 2.75) is 50.4 Å². The number of aliphatic hydroxyl groups is 1. The first-order valence-corrected chi connectivity index (χ1v) is 7.23. The smallest absolute Gasteiger partial charge is 0.326 e. The molecule has 4 atom stereocenters. The van der Waals surface area contributed by atoms with E-state index in [1.54, 1.807) is 0 Å². The van der Waals surface area contributed by atoms with Gasteiger partial charge in [-0.3, -0.25) is 19.2 Å². The number of hydrogen-bond donors (Lipinski definition) is 7. The summed E-state index contributed by atoms with van der Waals surface area (Å²) in [6, 6.07) is -4.45. The van der Waals surface area contributed by atoms with Gasteiger partial charge in [0.1, 0.15) is 18.1 Å². The number of nitrogens with one attached hydrogen (secondary N) is 2. The normalized spacial score (nSPS) is 15.3. The molecule has 0 bridgehead atoms. The molecule has 9 N–H and O–H groups in total. The van der Waals surface area contributed by atoms with Crippen molar-refractivity contribution in [2.75, 3.05) is 0 Å². The topological polar surface area (TPSA) is 222 Å². The number of rotatable bonds is 11. The molecule has 0 fully saturated rings. The molecule has 0 saturated heterocycles. The van der Waals surface area contributed by atoms with Crippen LogP contribution in [0.4, 0.5) is 0 Å². The molecule has 0 spiro atoms. The van der Waals surface area contributed by atoms with E-state index in [4.69, 9.17) is 21.7 Å². The van der Waals surface area contributed by atoms with Gasteiger partial charge in [0.05, 0.1) is 12.5 Å². The van der Waals surface area contributed by atoms with Crippen molar-refractivity contribution < 1.29 is 39.3 Å². The lowest BCUT2D eigenvalue weighted by atomic mass is 10.1. The number of carbonyl (C=O) groups is 5. The van der Waals surface area contributed by atoms with Gasteiger partial charge in [0.25, 0.3) is 0 Å². The summed E-state index contributed by atoms with van der Waals surface area (Å²) in [6.45, 7) is 1.24. The molecule has 3 amide bonds. The summed E-state index contributed by atoms with van der Waals surface area (Å²) in [4.78, 5) is 56.5. The molecule has 0 aliphatic heterocycles. The molecule has 0 saturated carbocycles. The molecule has 12 nitrogen and oxygen atoms in total. The summed E-state index contributed by atoms with van der Waals surface area (Å²) in [5.41, 5.74) is 10.4. The minimum atomic E-state index is -1.54. The SMILES string of the molecule is C[C@@H](O)[C@H](N)C(=O)N[C@@H](CC(N)=O)C(=O)N[C@@H](CCC(=O)O)C(=O)O. The Kier molecular flexibility index (Phi) is 9.09. The fourth-order valence-electron chi connectivity index (χ4n) is 1.69. The molecule has 0 aliphatic carbocycles. The van der Waals surface area contributed by atoms with E-state index < -0.39 is 73.2 Å². The van der Waals surface area contributed by atoms with Crippen LogP contribution in [0.5, 0.6) is 0 Å².